The van der Waals surface area contributed by atoms with Crippen molar-refractivity contribution in [3.05, 3.63) is 53.7 Å². The first kappa shape index (κ1) is 19.1. The predicted octanol–water partition coefficient (Wildman–Crippen LogP) is 4.03. The molecule has 1 aromatic heterocycles. The number of hydrogen-bond acceptors (Lipinski definition) is 5. The molecule has 6 nitrogen and oxygen atoms in total. The maximum atomic E-state index is 13.5. The number of methoxy groups -OCH3 is 2. The summed E-state index contributed by atoms with van der Waals surface area (Å²) in [5.41, 5.74) is 4.88. The van der Waals surface area contributed by atoms with E-state index >= 15 is 0 Å². The molecule has 0 aliphatic rings. The molecule has 0 bridgehead atoms. The van der Waals surface area contributed by atoms with Crippen LogP contribution in [-0.4, -0.2) is 24.0 Å². The molecule has 0 aliphatic carbocycles. The molecular weight excluding hydrogens is 373 g/mol. The number of ether oxygens (including phenoxy) is 2. The van der Waals surface area contributed by atoms with E-state index in [9.17, 15) is 18.4 Å². The average molecular weight is 388 g/mol. The van der Waals surface area contributed by atoms with Gasteiger partial charge in [0.05, 0.1) is 25.6 Å². The fourth-order valence-corrected chi connectivity index (χ4v) is 2.77. The monoisotopic (exact) mass is 388 g/mol. The molecule has 2 N–H and O–H groups in total. The maximum Gasteiger partial charge on any atom is 0.436 e. The van der Waals surface area contributed by atoms with Crippen molar-refractivity contribution in [2.45, 2.75) is 6.18 Å². The third-order valence-corrected chi connectivity index (χ3v) is 4.06. The van der Waals surface area contributed by atoms with Gasteiger partial charge in [0.25, 0.3) is 0 Å². The molecule has 2 aromatic carbocycles. The predicted molar refractivity (Wildman–Crippen MR) is 96.2 cm³/mol. The Bertz CT molecular complexity index is 1050. The molecule has 0 saturated carbocycles. The van der Waals surface area contributed by atoms with E-state index in [1.165, 1.54) is 50.6 Å². The first-order valence-corrected chi connectivity index (χ1v) is 7.98. The van der Waals surface area contributed by atoms with E-state index in [1.807, 2.05) is 0 Å². The van der Waals surface area contributed by atoms with E-state index in [-0.39, 0.29) is 5.69 Å². The van der Waals surface area contributed by atoms with Gasteiger partial charge in [0.2, 0.25) is 0 Å². The minimum absolute atomic E-state index is 0.0134. The van der Waals surface area contributed by atoms with Gasteiger partial charge in [0, 0.05) is 11.3 Å². The van der Waals surface area contributed by atoms with E-state index in [0.717, 1.165) is 4.68 Å². The number of benzene rings is 2. The number of hydrogen-bond donors (Lipinski definition) is 1. The summed E-state index contributed by atoms with van der Waals surface area (Å²) in [7, 11) is 2.85. The Morgan fingerprint density at radius 3 is 2.21 bits per heavy atom. The zero-order chi connectivity index (χ0) is 20.5. The van der Waals surface area contributed by atoms with Gasteiger partial charge in [-0.15, -0.1) is 0 Å². The minimum Gasteiger partial charge on any atom is -0.493 e. The average Bonchev–Trinajstić information content (AvgIpc) is 3.08. The molecule has 28 heavy (non-hydrogen) atoms. The van der Waals surface area contributed by atoms with Gasteiger partial charge in [-0.1, -0.05) is 0 Å². The highest BCUT2D eigenvalue weighted by Gasteiger charge is 2.40. The van der Waals surface area contributed by atoms with Crippen molar-refractivity contribution in [1.29, 1.82) is 5.26 Å². The lowest BCUT2D eigenvalue weighted by atomic mass is 10.0. The number of rotatable bonds is 4. The Morgan fingerprint density at radius 1 is 1.04 bits per heavy atom. The van der Waals surface area contributed by atoms with Gasteiger partial charge in [-0.3, -0.25) is 0 Å². The van der Waals surface area contributed by atoms with Crippen molar-refractivity contribution in [3.63, 3.8) is 0 Å². The Kier molecular flexibility index (Phi) is 4.88. The quantitative estimate of drug-likeness (QED) is 0.682. The molecule has 0 radical (unpaired) electrons. The highest BCUT2D eigenvalue weighted by molar-refractivity contribution is 5.73. The summed E-state index contributed by atoms with van der Waals surface area (Å²) < 4.78 is 52.0. The molecule has 0 saturated heterocycles. The Hall–Kier alpha value is -3.67. The molecule has 0 fully saturated rings. The summed E-state index contributed by atoms with van der Waals surface area (Å²) >= 11 is 0. The third-order valence-electron chi connectivity index (χ3n) is 4.06. The van der Waals surface area contributed by atoms with Crippen molar-refractivity contribution >= 4 is 5.69 Å². The van der Waals surface area contributed by atoms with E-state index in [4.69, 9.17) is 15.2 Å². The third kappa shape index (κ3) is 3.32. The Morgan fingerprint density at radius 2 is 1.68 bits per heavy atom. The van der Waals surface area contributed by atoms with Gasteiger partial charge < -0.3 is 15.2 Å². The van der Waals surface area contributed by atoms with Crippen LogP contribution < -0.4 is 15.2 Å². The van der Waals surface area contributed by atoms with E-state index < -0.39 is 17.4 Å². The number of nitriles is 1. The zero-order valence-electron chi connectivity index (χ0n) is 14.9. The molecule has 144 valence electrons. The van der Waals surface area contributed by atoms with Crippen molar-refractivity contribution in [3.8, 4) is 34.5 Å². The molecular formula is C19H15F3N4O2. The standard InChI is InChI=1S/C19H15F3N4O2/c1-27-15-8-3-11(9-16(15)28-2)17-14(10-23)18(19(20,21)22)25-26(17)13-6-4-12(24)5-7-13/h3-9H,24H2,1-2H3. The van der Waals surface area contributed by atoms with Crippen LogP contribution in [0.2, 0.25) is 0 Å². The summed E-state index contributed by atoms with van der Waals surface area (Å²) in [5, 5.41) is 13.2. The summed E-state index contributed by atoms with van der Waals surface area (Å²) in [6.45, 7) is 0. The van der Waals surface area contributed by atoms with Gasteiger partial charge in [0.1, 0.15) is 11.6 Å². The van der Waals surface area contributed by atoms with Crippen LogP contribution in [0.15, 0.2) is 42.5 Å². The van der Waals surface area contributed by atoms with Crippen LogP contribution in [0.4, 0.5) is 18.9 Å². The highest BCUT2D eigenvalue weighted by Crippen LogP contribution is 2.39. The van der Waals surface area contributed by atoms with Crippen molar-refractivity contribution < 1.29 is 22.6 Å². The zero-order valence-corrected chi connectivity index (χ0v) is 14.9. The van der Waals surface area contributed by atoms with Crippen LogP contribution in [0.5, 0.6) is 11.5 Å². The fourth-order valence-electron chi connectivity index (χ4n) is 2.77. The molecule has 0 spiro atoms. The van der Waals surface area contributed by atoms with E-state index in [1.54, 1.807) is 12.1 Å². The van der Waals surface area contributed by atoms with Crippen molar-refractivity contribution in [1.82, 2.24) is 9.78 Å². The second-order valence-corrected chi connectivity index (χ2v) is 5.75. The lowest BCUT2D eigenvalue weighted by Gasteiger charge is -2.12. The second-order valence-electron chi connectivity index (χ2n) is 5.75. The molecule has 9 heteroatoms. The summed E-state index contributed by atoms with van der Waals surface area (Å²) in [6.07, 6.45) is -4.80. The largest absolute Gasteiger partial charge is 0.493 e. The topological polar surface area (TPSA) is 86.1 Å². The molecule has 3 aromatic rings. The van der Waals surface area contributed by atoms with Gasteiger partial charge in [-0.2, -0.15) is 23.5 Å². The first-order chi connectivity index (χ1) is 13.3. The van der Waals surface area contributed by atoms with Crippen LogP contribution in [-0.2, 0) is 6.18 Å². The number of aromatic nitrogens is 2. The van der Waals surface area contributed by atoms with Crippen LogP contribution in [0.3, 0.4) is 0 Å². The SMILES string of the molecule is COc1ccc(-c2c(C#N)c(C(F)(F)F)nn2-c2ccc(N)cc2)cc1OC. The number of nitrogen functional groups attached to an aromatic ring is 1. The van der Waals surface area contributed by atoms with Crippen molar-refractivity contribution in [2.24, 2.45) is 0 Å². The fraction of sp³-hybridized carbons (Fsp3) is 0.158. The Balaban J connectivity index is 2.34. The number of alkyl halides is 3. The normalized spacial score (nSPS) is 11.1. The summed E-state index contributed by atoms with van der Waals surface area (Å²) in [4.78, 5) is 0. The van der Waals surface area contributed by atoms with Gasteiger partial charge in [0.15, 0.2) is 17.2 Å². The minimum atomic E-state index is -4.80. The van der Waals surface area contributed by atoms with Gasteiger partial charge >= 0.3 is 6.18 Å². The Labute approximate surface area is 158 Å². The van der Waals surface area contributed by atoms with Crippen LogP contribution >= 0.6 is 0 Å². The maximum absolute atomic E-state index is 13.5. The van der Waals surface area contributed by atoms with Gasteiger partial charge in [-0.25, -0.2) is 4.68 Å². The van der Waals surface area contributed by atoms with Crippen LogP contribution in [0.25, 0.3) is 16.9 Å². The summed E-state index contributed by atoms with van der Waals surface area (Å²) in [5.74, 6) is 0.710. The van der Waals surface area contributed by atoms with Crippen LogP contribution in [0.1, 0.15) is 11.3 Å². The van der Waals surface area contributed by atoms with Crippen LogP contribution in [0, 0.1) is 11.3 Å². The second kappa shape index (κ2) is 7.15. The molecule has 3 rings (SSSR count). The molecule has 0 atom stereocenters. The lowest BCUT2D eigenvalue weighted by Crippen LogP contribution is -2.08. The number of anilines is 1. The molecule has 1 heterocycles. The van der Waals surface area contributed by atoms with Gasteiger partial charge in [-0.05, 0) is 42.5 Å². The highest BCUT2D eigenvalue weighted by atomic mass is 19.4. The van der Waals surface area contributed by atoms with E-state index in [0.29, 0.717) is 28.4 Å². The molecule has 0 amide bonds. The van der Waals surface area contributed by atoms with Crippen molar-refractivity contribution in [2.75, 3.05) is 20.0 Å². The van der Waals surface area contributed by atoms with E-state index in [2.05, 4.69) is 5.10 Å². The smallest absolute Gasteiger partial charge is 0.436 e. The summed E-state index contributed by atoms with van der Waals surface area (Å²) in [6, 6.07) is 12.3. The lowest BCUT2D eigenvalue weighted by molar-refractivity contribution is -0.141. The number of halogens is 3. The molecule has 0 aliphatic heterocycles. The number of nitrogens with two attached hydrogens (primary N) is 1. The molecule has 0 unspecified atom stereocenters. The first-order valence-electron chi connectivity index (χ1n) is 7.98. The number of nitrogens with zero attached hydrogens (tertiary/aromatic N) is 3.